The average molecular weight is 385 g/mol. The van der Waals surface area contributed by atoms with Gasteiger partial charge in [0, 0.05) is 19.1 Å². The molecule has 0 radical (unpaired) electrons. The number of halogens is 1. The van der Waals surface area contributed by atoms with Gasteiger partial charge in [0.2, 0.25) is 5.91 Å². The molecule has 9 nitrogen and oxygen atoms in total. The van der Waals surface area contributed by atoms with Gasteiger partial charge in [-0.3, -0.25) is 14.4 Å². The zero-order valence-electron chi connectivity index (χ0n) is 14.5. The minimum absolute atomic E-state index is 0.149. The quantitative estimate of drug-likeness (QED) is 0.550. The molecule has 4 N–H and O–H groups in total. The van der Waals surface area contributed by atoms with Crippen molar-refractivity contribution in [2.24, 2.45) is 5.73 Å². The fourth-order valence-corrected chi connectivity index (χ4v) is 2.11. The number of nitrogens with two attached hydrogens (primary N) is 1. The van der Waals surface area contributed by atoms with Crippen LogP contribution in [0.15, 0.2) is 24.3 Å². The summed E-state index contributed by atoms with van der Waals surface area (Å²) in [5, 5.41) is 5.32. The van der Waals surface area contributed by atoms with Crippen LogP contribution >= 0.6 is 11.6 Å². The molecule has 0 aromatic heterocycles. The number of carbonyl (C=O) groups excluding carboxylic acids is 4. The number of rotatable bonds is 8. The van der Waals surface area contributed by atoms with Crippen LogP contribution in [0, 0.1) is 0 Å². The summed E-state index contributed by atoms with van der Waals surface area (Å²) in [6.07, 6.45) is -0.225. The molecule has 0 aliphatic carbocycles. The number of hydrogen-bond acceptors (Lipinski definition) is 5. The summed E-state index contributed by atoms with van der Waals surface area (Å²) in [6, 6.07) is 4.96. The monoisotopic (exact) mass is 384 g/mol. The zero-order chi connectivity index (χ0) is 19.7. The highest BCUT2D eigenvalue weighted by Gasteiger charge is 2.20. The Bertz CT molecular complexity index is 665. The lowest BCUT2D eigenvalue weighted by molar-refractivity contribution is -0.152. The molecule has 10 heteroatoms. The van der Waals surface area contributed by atoms with Gasteiger partial charge >= 0.3 is 12.0 Å². The van der Waals surface area contributed by atoms with E-state index in [1.807, 2.05) is 0 Å². The number of carbonyl (C=O) groups is 4. The van der Waals surface area contributed by atoms with Crippen LogP contribution in [-0.2, 0) is 19.1 Å². The number of esters is 1. The number of nitrogens with zero attached hydrogens (tertiary/aromatic N) is 1. The van der Waals surface area contributed by atoms with Gasteiger partial charge in [-0.2, -0.15) is 0 Å². The maximum atomic E-state index is 12.0. The van der Waals surface area contributed by atoms with Crippen LogP contribution in [0.1, 0.15) is 18.0 Å². The second-order valence-corrected chi connectivity index (χ2v) is 5.84. The van der Waals surface area contributed by atoms with E-state index in [2.05, 4.69) is 10.6 Å². The summed E-state index contributed by atoms with van der Waals surface area (Å²) in [7, 11) is 2.86. The molecule has 0 aliphatic heterocycles. The lowest BCUT2D eigenvalue weighted by atomic mass is 10.0. The second-order valence-electron chi connectivity index (χ2n) is 5.40. The standard InChI is InChI=1S/C16H21ClN4O5/c1-19-13(22)8-21(2)14(23)9-26-15(24)7-12(20-16(18)25)10-3-5-11(17)6-4-10/h3-6,12H,7-9H2,1-2H3,(H,19,22)(H3,18,20,25)/t12-/m0/s1. The fourth-order valence-electron chi connectivity index (χ4n) is 1.98. The van der Waals surface area contributed by atoms with Crippen molar-refractivity contribution in [1.29, 1.82) is 0 Å². The van der Waals surface area contributed by atoms with Crippen molar-refractivity contribution in [1.82, 2.24) is 15.5 Å². The van der Waals surface area contributed by atoms with Gasteiger partial charge in [-0.15, -0.1) is 0 Å². The van der Waals surface area contributed by atoms with Crippen LogP contribution in [-0.4, -0.2) is 56.0 Å². The molecule has 0 bridgehead atoms. The Kier molecular flexibility index (Phi) is 8.36. The lowest BCUT2D eigenvalue weighted by Gasteiger charge is -2.19. The Morgan fingerprint density at radius 3 is 2.38 bits per heavy atom. The lowest BCUT2D eigenvalue weighted by Crippen LogP contribution is -2.39. The van der Waals surface area contributed by atoms with Crippen LogP contribution in [0.5, 0.6) is 0 Å². The predicted molar refractivity (Wildman–Crippen MR) is 94.2 cm³/mol. The van der Waals surface area contributed by atoms with E-state index in [0.717, 1.165) is 4.90 Å². The summed E-state index contributed by atoms with van der Waals surface area (Å²) in [4.78, 5) is 47.3. The minimum atomic E-state index is -0.806. The van der Waals surface area contributed by atoms with Gasteiger partial charge in [0.1, 0.15) is 0 Å². The Balaban J connectivity index is 2.61. The number of nitrogens with one attached hydrogen (secondary N) is 2. The van der Waals surface area contributed by atoms with E-state index in [4.69, 9.17) is 22.1 Å². The molecule has 0 fully saturated rings. The van der Waals surface area contributed by atoms with Crippen LogP contribution < -0.4 is 16.4 Å². The zero-order valence-corrected chi connectivity index (χ0v) is 15.2. The summed E-state index contributed by atoms with van der Waals surface area (Å²) in [5.74, 6) is -1.59. The highest BCUT2D eigenvalue weighted by atomic mass is 35.5. The largest absolute Gasteiger partial charge is 0.455 e. The molecule has 1 rings (SSSR count). The third-order valence-electron chi connectivity index (χ3n) is 3.40. The summed E-state index contributed by atoms with van der Waals surface area (Å²) in [6.45, 7) is -0.667. The van der Waals surface area contributed by atoms with E-state index in [-0.39, 0.29) is 18.9 Å². The molecule has 1 atom stereocenters. The summed E-state index contributed by atoms with van der Waals surface area (Å²) < 4.78 is 4.92. The Morgan fingerprint density at radius 1 is 1.23 bits per heavy atom. The smallest absolute Gasteiger partial charge is 0.312 e. The van der Waals surface area contributed by atoms with Gasteiger partial charge in [-0.25, -0.2) is 4.79 Å². The molecule has 1 aromatic carbocycles. The molecular weight excluding hydrogens is 364 g/mol. The normalized spacial score (nSPS) is 11.2. The number of likely N-dealkylation sites (N-methyl/N-ethyl adjacent to an activating group) is 2. The number of primary amides is 1. The fraction of sp³-hybridized carbons (Fsp3) is 0.375. The molecule has 0 heterocycles. The molecule has 0 saturated heterocycles. The van der Waals surface area contributed by atoms with Gasteiger partial charge in [0.15, 0.2) is 6.61 Å². The number of benzene rings is 1. The average Bonchev–Trinajstić information content (AvgIpc) is 2.59. The van der Waals surface area contributed by atoms with E-state index in [1.165, 1.54) is 14.1 Å². The van der Waals surface area contributed by atoms with Crippen molar-refractivity contribution in [3.63, 3.8) is 0 Å². The molecule has 26 heavy (non-hydrogen) atoms. The van der Waals surface area contributed by atoms with Gasteiger partial charge in [-0.1, -0.05) is 23.7 Å². The maximum absolute atomic E-state index is 12.0. The molecule has 0 unspecified atom stereocenters. The second kappa shape index (κ2) is 10.2. The predicted octanol–water partition coefficient (Wildman–Crippen LogP) is 0.187. The van der Waals surface area contributed by atoms with Crippen molar-refractivity contribution >= 4 is 35.4 Å². The summed E-state index contributed by atoms with van der Waals surface area (Å²) in [5.41, 5.74) is 5.74. The molecule has 0 saturated carbocycles. The molecule has 0 aliphatic rings. The maximum Gasteiger partial charge on any atom is 0.312 e. The first kappa shape index (κ1) is 21.2. The SMILES string of the molecule is CNC(=O)CN(C)C(=O)COC(=O)C[C@H](NC(N)=O)c1ccc(Cl)cc1. The molecule has 0 spiro atoms. The van der Waals surface area contributed by atoms with E-state index < -0.39 is 30.6 Å². The van der Waals surface area contributed by atoms with E-state index in [1.54, 1.807) is 24.3 Å². The minimum Gasteiger partial charge on any atom is -0.455 e. The topological polar surface area (TPSA) is 131 Å². The van der Waals surface area contributed by atoms with Crippen LogP contribution in [0.4, 0.5) is 4.79 Å². The number of hydrogen-bond donors (Lipinski definition) is 3. The Hall–Kier alpha value is -2.81. The van der Waals surface area contributed by atoms with Crippen molar-refractivity contribution < 1.29 is 23.9 Å². The first-order valence-corrected chi connectivity index (χ1v) is 8.02. The van der Waals surface area contributed by atoms with Crippen molar-refractivity contribution in [3.05, 3.63) is 34.9 Å². The molecular formula is C16H21ClN4O5. The van der Waals surface area contributed by atoms with Gasteiger partial charge in [0.25, 0.3) is 5.91 Å². The van der Waals surface area contributed by atoms with Crippen LogP contribution in [0.3, 0.4) is 0 Å². The molecule has 142 valence electrons. The van der Waals surface area contributed by atoms with E-state index in [9.17, 15) is 19.2 Å². The van der Waals surface area contributed by atoms with Crippen molar-refractivity contribution in [2.45, 2.75) is 12.5 Å². The van der Waals surface area contributed by atoms with E-state index >= 15 is 0 Å². The number of amides is 4. The Labute approximate surface area is 155 Å². The van der Waals surface area contributed by atoms with E-state index in [0.29, 0.717) is 10.6 Å². The molecule has 4 amide bonds. The van der Waals surface area contributed by atoms with Gasteiger partial charge in [0.05, 0.1) is 19.0 Å². The number of ether oxygens (including phenoxy) is 1. The Morgan fingerprint density at radius 2 is 1.85 bits per heavy atom. The van der Waals surface area contributed by atoms with Crippen LogP contribution in [0.25, 0.3) is 0 Å². The van der Waals surface area contributed by atoms with Gasteiger partial charge < -0.3 is 26.0 Å². The highest BCUT2D eigenvalue weighted by Crippen LogP contribution is 2.20. The molecule has 1 aromatic rings. The first-order chi connectivity index (χ1) is 12.2. The highest BCUT2D eigenvalue weighted by molar-refractivity contribution is 6.30. The third-order valence-corrected chi connectivity index (χ3v) is 3.65. The summed E-state index contributed by atoms with van der Waals surface area (Å²) >= 11 is 5.81. The number of urea groups is 1. The van der Waals surface area contributed by atoms with Crippen LogP contribution in [0.2, 0.25) is 5.02 Å². The first-order valence-electron chi connectivity index (χ1n) is 7.64. The van der Waals surface area contributed by atoms with Crippen molar-refractivity contribution in [2.75, 3.05) is 27.2 Å². The van der Waals surface area contributed by atoms with Gasteiger partial charge in [-0.05, 0) is 17.7 Å². The van der Waals surface area contributed by atoms with Crippen molar-refractivity contribution in [3.8, 4) is 0 Å². The third kappa shape index (κ3) is 7.39.